The highest BCUT2D eigenvalue weighted by molar-refractivity contribution is 6.03. The van der Waals surface area contributed by atoms with Crippen LogP contribution in [0.2, 0.25) is 0 Å². The van der Waals surface area contributed by atoms with Crippen molar-refractivity contribution in [3.8, 4) is 11.6 Å². The summed E-state index contributed by atoms with van der Waals surface area (Å²) in [5, 5.41) is 6.93. The van der Waals surface area contributed by atoms with E-state index in [1.165, 1.54) is 10.9 Å². The topological polar surface area (TPSA) is 115 Å². The number of aromatic nitrogens is 5. The SMILES string of the molecule is Cc1cccnc1Oc1ccc(C(=O)Nc2nc3c(cnn3C)c(=O)[nH]2)cc1. The van der Waals surface area contributed by atoms with Crippen LogP contribution in [-0.2, 0) is 7.05 Å². The molecule has 4 aromatic rings. The molecule has 0 saturated carbocycles. The van der Waals surface area contributed by atoms with Crippen LogP contribution in [-0.4, -0.2) is 30.6 Å². The zero-order valence-electron chi connectivity index (χ0n) is 15.1. The van der Waals surface area contributed by atoms with Crippen LogP contribution in [0.4, 0.5) is 5.95 Å². The number of rotatable bonds is 4. The fourth-order valence-corrected chi connectivity index (χ4v) is 2.64. The van der Waals surface area contributed by atoms with Gasteiger partial charge in [0.05, 0.1) is 6.20 Å². The molecule has 2 N–H and O–H groups in total. The predicted octanol–water partition coefficient (Wildman–Crippen LogP) is 2.40. The Morgan fingerprint density at radius 3 is 2.75 bits per heavy atom. The standard InChI is InChI=1S/C19H16N6O3/c1-11-4-3-9-20-18(11)28-13-7-5-12(6-8-13)16(26)23-19-22-15-14(17(27)24-19)10-21-25(15)2/h3-10H,1-2H3,(H2,22,23,24,26,27). The summed E-state index contributed by atoms with van der Waals surface area (Å²) in [5.41, 5.74) is 1.30. The summed E-state index contributed by atoms with van der Waals surface area (Å²) in [5.74, 6) is 0.702. The van der Waals surface area contributed by atoms with Crippen molar-refractivity contribution >= 4 is 22.9 Å². The molecule has 3 heterocycles. The molecule has 0 aliphatic rings. The summed E-state index contributed by atoms with van der Waals surface area (Å²) in [7, 11) is 1.67. The molecule has 0 aliphatic carbocycles. The minimum absolute atomic E-state index is 0.0514. The van der Waals surface area contributed by atoms with Gasteiger partial charge in [0, 0.05) is 24.4 Å². The van der Waals surface area contributed by atoms with E-state index in [2.05, 4.69) is 25.4 Å². The number of aromatic amines is 1. The molecule has 3 aromatic heterocycles. The van der Waals surface area contributed by atoms with Crippen LogP contribution in [0.3, 0.4) is 0 Å². The Balaban J connectivity index is 1.52. The van der Waals surface area contributed by atoms with Gasteiger partial charge in [-0.1, -0.05) is 6.07 Å². The van der Waals surface area contributed by atoms with Crippen molar-refractivity contribution in [3.63, 3.8) is 0 Å². The summed E-state index contributed by atoms with van der Waals surface area (Å²) in [6.45, 7) is 1.90. The van der Waals surface area contributed by atoms with Crippen molar-refractivity contribution in [2.45, 2.75) is 6.92 Å². The number of nitrogens with one attached hydrogen (secondary N) is 2. The molecule has 9 heteroatoms. The zero-order valence-corrected chi connectivity index (χ0v) is 15.1. The fraction of sp³-hybridized carbons (Fsp3) is 0.105. The van der Waals surface area contributed by atoms with E-state index in [4.69, 9.17) is 4.74 Å². The average molecular weight is 376 g/mol. The first-order valence-electron chi connectivity index (χ1n) is 8.44. The largest absolute Gasteiger partial charge is 0.439 e. The van der Waals surface area contributed by atoms with Crippen LogP contribution < -0.4 is 15.6 Å². The first-order chi connectivity index (χ1) is 13.5. The molecule has 0 aliphatic heterocycles. The second-order valence-corrected chi connectivity index (χ2v) is 6.13. The number of nitrogens with zero attached hydrogens (tertiary/aromatic N) is 4. The van der Waals surface area contributed by atoms with Crippen molar-refractivity contribution in [1.82, 2.24) is 24.7 Å². The Morgan fingerprint density at radius 1 is 1.21 bits per heavy atom. The maximum Gasteiger partial charge on any atom is 0.263 e. The van der Waals surface area contributed by atoms with E-state index in [-0.39, 0.29) is 11.5 Å². The van der Waals surface area contributed by atoms with Gasteiger partial charge in [0.1, 0.15) is 11.1 Å². The number of fused-ring (bicyclic) bond motifs is 1. The van der Waals surface area contributed by atoms with Crippen molar-refractivity contribution in [3.05, 3.63) is 70.3 Å². The Morgan fingerprint density at radius 2 is 2.00 bits per heavy atom. The summed E-state index contributed by atoms with van der Waals surface area (Å²) in [6, 6.07) is 10.3. The summed E-state index contributed by atoms with van der Waals surface area (Å²) >= 11 is 0. The number of pyridine rings is 1. The van der Waals surface area contributed by atoms with E-state index in [0.717, 1.165) is 5.56 Å². The zero-order chi connectivity index (χ0) is 19.7. The Bertz CT molecular complexity index is 1230. The third-order valence-corrected chi connectivity index (χ3v) is 4.13. The number of ether oxygens (including phenoxy) is 1. The normalized spacial score (nSPS) is 10.8. The van der Waals surface area contributed by atoms with Gasteiger partial charge in [0.2, 0.25) is 11.8 Å². The maximum absolute atomic E-state index is 12.5. The molecule has 0 fully saturated rings. The third kappa shape index (κ3) is 3.32. The monoisotopic (exact) mass is 376 g/mol. The van der Waals surface area contributed by atoms with E-state index < -0.39 is 5.91 Å². The predicted molar refractivity (Wildman–Crippen MR) is 103 cm³/mol. The molecule has 28 heavy (non-hydrogen) atoms. The van der Waals surface area contributed by atoms with Gasteiger partial charge < -0.3 is 4.74 Å². The lowest BCUT2D eigenvalue weighted by Gasteiger charge is -2.08. The number of aryl methyl sites for hydroxylation is 2. The lowest BCUT2D eigenvalue weighted by molar-refractivity contribution is 0.102. The van der Waals surface area contributed by atoms with Gasteiger partial charge in [-0.15, -0.1) is 0 Å². The summed E-state index contributed by atoms with van der Waals surface area (Å²) in [6.07, 6.45) is 3.08. The van der Waals surface area contributed by atoms with E-state index in [0.29, 0.717) is 28.2 Å². The van der Waals surface area contributed by atoms with E-state index in [9.17, 15) is 9.59 Å². The Hall–Kier alpha value is -4.01. The van der Waals surface area contributed by atoms with Crippen LogP contribution >= 0.6 is 0 Å². The second kappa shape index (κ2) is 6.95. The van der Waals surface area contributed by atoms with Gasteiger partial charge in [-0.05, 0) is 37.3 Å². The van der Waals surface area contributed by atoms with Gasteiger partial charge >= 0.3 is 0 Å². The molecular formula is C19H16N6O3. The number of carbonyl (C=O) groups excluding carboxylic acids is 1. The number of hydrogen-bond donors (Lipinski definition) is 2. The summed E-state index contributed by atoms with van der Waals surface area (Å²) < 4.78 is 7.18. The van der Waals surface area contributed by atoms with Crippen molar-refractivity contribution in [1.29, 1.82) is 0 Å². The summed E-state index contributed by atoms with van der Waals surface area (Å²) in [4.78, 5) is 35.4. The molecule has 0 unspecified atom stereocenters. The number of benzene rings is 1. The minimum Gasteiger partial charge on any atom is -0.439 e. The lowest BCUT2D eigenvalue weighted by Crippen LogP contribution is -2.18. The smallest absolute Gasteiger partial charge is 0.263 e. The lowest BCUT2D eigenvalue weighted by atomic mass is 10.2. The van der Waals surface area contributed by atoms with Crippen molar-refractivity contribution in [2.75, 3.05) is 5.32 Å². The number of carbonyl (C=O) groups is 1. The molecular weight excluding hydrogens is 360 g/mol. The van der Waals surface area contributed by atoms with Crippen LogP contribution in [0.5, 0.6) is 11.6 Å². The van der Waals surface area contributed by atoms with Gasteiger partial charge in [0.25, 0.3) is 11.5 Å². The first-order valence-corrected chi connectivity index (χ1v) is 8.44. The van der Waals surface area contributed by atoms with E-state index in [1.807, 2.05) is 19.1 Å². The molecule has 0 saturated heterocycles. The van der Waals surface area contributed by atoms with Crippen LogP contribution in [0.1, 0.15) is 15.9 Å². The van der Waals surface area contributed by atoms with Crippen LogP contribution in [0.15, 0.2) is 53.6 Å². The van der Waals surface area contributed by atoms with Crippen LogP contribution in [0.25, 0.3) is 11.0 Å². The van der Waals surface area contributed by atoms with Gasteiger partial charge in [-0.3, -0.25) is 24.6 Å². The molecule has 0 atom stereocenters. The third-order valence-electron chi connectivity index (χ3n) is 4.13. The highest BCUT2D eigenvalue weighted by atomic mass is 16.5. The maximum atomic E-state index is 12.5. The molecule has 0 spiro atoms. The number of anilines is 1. The molecule has 1 aromatic carbocycles. The van der Waals surface area contributed by atoms with Gasteiger partial charge in [0.15, 0.2) is 5.65 Å². The van der Waals surface area contributed by atoms with E-state index >= 15 is 0 Å². The van der Waals surface area contributed by atoms with Gasteiger partial charge in [-0.25, -0.2) is 4.98 Å². The minimum atomic E-state index is -0.412. The van der Waals surface area contributed by atoms with Crippen LogP contribution in [0, 0.1) is 6.92 Å². The number of hydrogen-bond acceptors (Lipinski definition) is 6. The molecule has 140 valence electrons. The first kappa shape index (κ1) is 17.4. The highest BCUT2D eigenvalue weighted by Gasteiger charge is 2.12. The average Bonchev–Trinajstić information content (AvgIpc) is 3.06. The Kier molecular flexibility index (Phi) is 4.32. The highest BCUT2D eigenvalue weighted by Crippen LogP contribution is 2.22. The second-order valence-electron chi connectivity index (χ2n) is 6.13. The number of amides is 1. The Labute approximate surface area is 159 Å². The van der Waals surface area contributed by atoms with Crippen molar-refractivity contribution in [2.24, 2.45) is 7.05 Å². The van der Waals surface area contributed by atoms with Crippen molar-refractivity contribution < 1.29 is 9.53 Å². The quantitative estimate of drug-likeness (QED) is 0.565. The fourth-order valence-electron chi connectivity index (χ4n) is 2.64. The molecule has 4 rings (SSSR count). The molecule has 0 bridgehead atoms. The molecule has 9 nitrogen and oxygen atoms in total. The molecule has 1 amide bonds. The number of H-pyrrole nitrogens is 1. The molecule has 0 radical (unpaired) electrons. The van der Waals surface area contributed by atoms with Gasteiger partial charge in [-0.2, -0.15) is 10.1 Å². The van der Waals surface area contributed by atoms with E-state index in [1.54, 1.807) is 37.5 Å².